The normalized spacial score (nSPS) is 11.4. The van der Waals surface area contributed by atoms with Gasteiger partial charge in [-0.05, 0) is 6.42 Å². The van der Waals surface area contributed by atoms with E-state index in [4.69, 9.17) is 4.74 Å². The quantitative estimate of drug-likeness (QED) is 0.370. The Morgan fingerprint density at radius 1 is 1.14 bits per heavy atom. The molecule has 84 valence electrons. The molecule has 0 unspecified atom stereocenters. The summed E-state index contributed by atoms with van der Waals surface area (Å²) >= 11 is 0. The third-order valence-corrected chi connectivity index (χ3v) is 2.91. The molecule has 0 N–H and O–H groups in total. The summed E-state index contributed by atoms with van der Waals surface area (Å²) in [5.41, 5.74) is 0. The van der Waals surface area contributed by atoms with Crippen molar-refractivity contribution in [1.82, 2.24) is 0 Å². The fourth-order valence-corrected chi connectivity index (χ4v) is 1.66. The van der Waals surface area contributed by atoms with Crippen LogP contribution in [0.15, 0.2) is 0 Å². The molecule has 2 nitrogen and oxygen atoms in total. The minimum atomic E-state index is -1.22. The summed E-state index contributed by atoms with van der Waals surface area (Å²) in [4.78, 5) is 11.3. The Kier molecular flexibility index (Phi) is 6.88. The molecular formula is C11H24O2Si. The molecule has 0 heterocycles. The van der Waals surface area contributed by atoms with E-state index in [1.807, 2.05) is 0 Å². The van der Waals surface area contributed by atoms with Gasteiger partial charge in [-0.15, -0.1) is 0 Å². The van der Waals surface area contributed by atoms with Crippen LogP contribution in [0.5, 0.6) is 0 Å². The van der Waals surface area contributed by atoms with Crippen molar-refractivity contribution in [2.24, 2.45) is 0 Å². The van der Waals surface area contributed by atoms with Gasteiger partial charge in [0.05, 0.1) is 14.3 Å². The molecule has 3 heteroatoms. The minimum Gasteiger partial charge on any atom is -0.469 e. The summed E-state index contributed by atoms with van der Waals surface area (Å²) < 4.78 is 5.21. The van der Waals surface area contributed by atoms with E-state index in [9.17, 15) is 4.79 Å². The Bertz CT molecular complexity index is 161. The lowest BCUT2D eigenvalue weighted by Crippen LogP contribution is -2.29. The molecule has 0 aromatic carbocycles. The Hall–Kier alpha value is -0.313. The molecule has 0 amide bonds. The summed E-state index contributed by atoms with van der Waals surface area (Å²) in [6, 6.07) is 0. The molecule has 14 heavy (non-hydrogen) atoms. The fraction of sp³-hybridized carbons (Fsp3) is 0.909. The molecule has 0 aromatic rings. The Balaban J connectivity index is 3.38. The van der Waals surface area contributed by atoms with Gasteiger partial charge in [0.25, 0.3) is 0 Å². The Labute approximate surface area is 89.0 Å². The fourth-order valence-electron chi connectivity index (χ4n) is 1.07. The summed E-state index contributed by atoms with van der Waals surface area (Å²) in [6.45, 7) is 8.79. The number of hydrogen-bond acceptors (Lipinski definition) is 2. The highest BCUT2D eigenvalue weighted by atomic mass is 28.3. The highest BCUT2D eigenvalue weighted by Crippen LogP contribution is 2.05. The lowest BCUT2D eigenvalue weighted by molar-refractivity contribution is -0.142. The minimum absolute atomic E-state index is 0.0106. The van der Waals surface area contributed by atoms with Gasteiger partial charge in [0.2, 0.25) is 0 Å². The number of carbonyl (C=O) groups is 1. The highest BCUT2D eigenvalue weighted by molar-refractivity contribution is 6.76. The van der Waals surface area contributed by atoms with E-state index in [-0.39, 0.29) is 5.97 Å². The molecule has 0 spiro atoms. The lowest BCUT2D eigenvalue weighted by Gasteiger charge is -2.15. The Morgan fingerprint density at radius 3 is 2.29 bits per heavy atom. The third kappa shape index (κ3) is 9.77. The van der Waals surface area contributed by atoms with Crippen LogP contribution in [0.1, 0.15) is 39.0 Å². The van der Waals surface area contributed by atoms with E-state index in [2.05, 4.69) is 26.6 Å². The Morgan fingerprint density at radius 2 is 1.79 bits per heavy atom. The van der Waals surface area contributed by atoms with Crippen LogP contribution in [0.4, 0.5) is 0 Å². The molecule has 0 atom stereocenters. The van der Waals surface area contributed by atoms with E-state index in [0.29, 0.717) is 12.7 Å². The third-order valence-electron chi connectivity index (χ3n) is 1.90. The van der Waals surface area contributed by atoms with Crippen molar-refractivity contribution < 1.29 is 9.53 Å². The van der Waals surface area contributed by atoms with Gasteiger partial charge in [0, 0.05) is 6.42 Å². The molecule has 0 aliphatic rings. The van der Waals surface area contributed by atoms with Crippen molar-refractivity contribution in [1.29, 1.82) is 0 Å². The zero-order valence-electron chi connectivity index (χ0n) is 10.1. The van der Waals surface area contributed by atoms with Crippen molar-refractivity contribution >= 4 is 14.0 Å². The van der Waals surface area contributed by atoms with Gasteiger partial charge < -0.3 is 4.74 Å². The van der Waals surface area contributed by atoms with Crippen LogP contribution in [0.2, 0.25) is 19.6 Å². The van der Waals surface area contributed by atoms with Crippen LogP contribution >= 0.6 is 0 Å². The molecule has 0 saturated heterocycles. The standard InChI is InChI=1S/C11H24O2Si/c1-5-6-7-8-9-11(12)13-10-14(2,3)4/h5-10H2,1-4H3. The van der Waals surface area contributed by atoms with Gasteiger partial charge in [0.15, 0.2) is 0 Å². The lowest BCUT2D eigenvalue weighted by atomic mass is 10.2. The first-order valence-electron chi connectivity index (χ1n) is 5.61. The van der Waals surface area contributed by atoms with Crippen LogP contribution in [-0.2, 0) is 9.53 Å². The molecule has 0 aromatic heterocycles. The molecule has 0 bridgehead atoms. The van der Waals surface area contributed by atoms with E-state index in [0.717, 1.165) is 12.8 Å². The van der Waals surface area contributed by atoms with Crippen molar-refractivity contribution in [3.63, 3.8) is 0 Å². The first-order chi connectivity index (χ1) is 6.45. The molecule has 0 rings (SSSR count). The van der Waals surface area contributed by atoms with E-state index >= 15 is 0 Å². The second-order valence-corrected chi connectivity index (χ2v) is 10.4. The number of carbonyl (C=O) groups excluding carboxylic acids is 1. The SMILES string of the molecule is CCCCCCC(=O)OC[Si](C)(C)C. The number of unbranched alkanes of at least 4 members (excludes halogenated alkanes) is 3. The second kappa shape index (κ2) is 7.04. The van der Waals surface area contributed by atoms with E-state index in [1.165, 1.54) is 12.8 Å². The van der Waals surface area contributed by atoms with Crippen LogP contribution in [0.3, 0.4) is 0 Å². The average molecular weight is 216 g/mol. The van der Waals surface area contributed by atoms with E-state index < -0.39 is 8.07 Å². The first-order valence-corrected chi connectivity index (χ1v) is 9.32. The van der Waals surface area contributed by atoms with Gasteiger partial charge >= 0.3 is 5.97 Å². The first kappa shape index (κ1) is 13.7. The summed E-state index contributed by atoms with van der Waals surface area (Å²) in [7, 11) is -1.22. The summed E-state index contributed by atoms with van der Waals surface area (Å²) in [6.07, 6.45) is 5.84. The monoisotopic (exact) mass is 216 g/mol. The number of ether oxygens (including phenoxy) is 1. The maximum absolute atomic E-state index is 11.3. The van der Waals surface area contributed by atoms with Crippen LogP contribution in [-0.4, -0.2) is 20.3 Å². The largest absolute Gasteiger partial charge is 0.469 e. The second-order valence-electron chi connectivity index (χ2n) is 5.03. The topological polar surface area (TPSA) is 26.3 Å². The van der Waals surface area contributed by atoms with Crippen molar-refractivity contribution in [3.8, 4) is 0 Å². The van der Waals surface area contributed by atoms with Crippen LogP contribution in [0.25, 0.3) is 0 Å². The zero-order chi connectivity index (χ0) is 11.0. The van der Waals surface area contributed by atoms with Gasteiger partial charge in [-0.1, -0.05) is 45.8 Å². The smallest absolute Gasteiger partial charge is 0.305 e. The maximum atomic E-state index is 11.3. The van der Waals surface area contributed by atoms with Gasteiger partial charge in [-0.2, -0.15) is 0 Å². The number of esters is 1. The van der Waals surface area contributed by atoms with Crippen LogP contribution < -0.4 is 0 Å². The highest BCUT2D eigenvalue weighted by Gasteiger charge is 2.15. The van der Waals surface area contributed by atoms with Crippen molar-refractivity contribution in [2.45, 2.75) is 58.7 Å². The van der Waals surface area contributed by atoms with Crippen molar-refractivity contribution in [2.75, 3.05) is 6.23 Å². The average Bonchev–Trinajstić information content (AvgIpc) is 2.08. The molecule has 0 radical (unpaired) electrons. The molecular weight excluding hydrogens is 192 g/mol. The maximum Gasteiger partial charge on any atom is 0.305 e. The van der Waals surface area contributed by atoms with Gasteiger partial charge in [0.1, 0.15) is 0 Å². The van der Waals surface area contributed by atoms with Gasteiger partial charge in [-0.3, -0.25) is 4.79 Å². The predicted molar refractivity (Wildman–Crippen MR) is 63.1 cm³/mol. The number of hydrogen-bond donors (Lipinski definition) is 0. The summed E-state index contributed by atoms with van der Waals surface area (Å²) in [5, 5.41) is 0. The number of rotatable bonds is 7. The van der Waals surface area contributed by atoms with Crippen molar-refractivity contribution in [3.05, 3.63) is 0 Å². The summed E-state index contributed by atoms with van der Waals surface area (Å²) in [5.74, 6) is -0.0106. The molecule has 0 fully saturated rings. The molecule has 0 aliphatic carbocycles. The van der Waals surface area contributed by atoms with Crippen LogP contribution in [0, 0.1) is 0 Å². The predicted octanol–water partition coefficient (Wildman–Crippen LogP) is 3.38. The molecule has 0 saturated carbocycles. The van der Waals surface area contributed by atoms with E-state index in [1.54, 1.807) is 0 Å². The molecule has 0 aliphatic heterocycles. The van der Waals surface area contributed by atoms with Gasteiger partial charge in [-0.25, -0.2) is 0 Å². The zero-order valence-corrected chi connectivity index (χ0v) is 11.1.